The number of fused-ring (bicyclic) bond motifs is 1. The third-order valence-corrected chi connectivity index (χ3v) is 9.99. The van der Waals surface area contributed by atoms with Gasteiger partial charge in [-0.1, -0.05) is 64.7 Å². The molecule has 0 spiro atoms. The average Bonchev–Trinajstić information content (AvgIpc) is 3.34. The van der Waals surface area contributed by atoms with E-state index in [1.54, 1.807) is 56.0 Å². The molecule has 3 aliphatic rings. The molecule has 3 fully saturated rings. The number of ether oxygens (including phenoxy) is 1. The highest BCUT2D eigenvalue weighted by Gasteiger charge is 2.69. The second-order valence-electron chi connectivity index (χ2n) is 15.0. The number of ketones is 1. The van der Waals surface area contributed by atoms with Crippen LogP contribution in [0.3, 0.4) is 0 Å². The largest absolute Gasteiger partial charge is 0.444 e. The molecule has 1 aliphatic heterocycles. The number of benzene rings is 1. The van der Waals surface area contributed by atoms with Gasteiger partial charge in [-0.3, -0.25) is 24.0 Å². The molecule has 4 rings (SSSR count). The minimum atomic E-state index is -1.08. The van der Waals surface area contributed by atoms with Gasteiger partial charge in [0.15, 0.2) is 0 Å². The summed E-state index contributed by atoms with van der Waals surface area (Å²) in [6, 6.07) is 5.90. The van der Waals surface area contributed by atoms with Crippen molar-refractivity contribution in [3.8, 4) is 0 Å². The predicted octanol–water partition coefficient (Wildman–Crippen LogP) is 3.34. The third-order valence-electron chi connectivity index (χ3n) is 9.99. The van der Waals surface area contributed by atoms with E-state index in [1.807, 2.05) is 6.92 Å². The maximum Gasteiger partial charge on any atom is 0.408 e. The van der Waals surface area contributed by atoms with Crippen LogP contribution in [0.5, 0.6) is 0 Å². The second-order valence-corrected chi connectivity index (χ2v) is 15.0. The lowest BCUT2D eigenvalue weighted by atomic mass is 9.83. The monoisotopic (exact) mass is 667 g/mol. The number of hydrogen-bond donors (Lipinski definition) is 4. The molecule has 1 heterocycles. The number of piperidine rings is 1. The molecule has 12 heteroatoms. The Hall–Kier alpha value is -3.96. The molecular formula is C36H53N5O7. The molecular weight excluding hydrogens is 614 g/mol. The Bertz CT molecular complexity index is 1350. The van der Waals surface area contributed by atoms with Crippen LogP contribution in [0.4, 0.5) is 4.79 Å². The van der Waals surface area contributed by atoms with E-state index in [-0.39, 0.29) is 54.5 Å². The number of amides is 5. The fourth-order valence-electron chi connectivity index (χ4n) is 7.38. The maximum absolute atomic E-state index is 14.3. The lowest BCUT2D eigenvalue weighted by Gasteiger charge is -2.37. The highest BCUT2D eigenvalue weighted by atomic mass is 16.6. The minimum Gasteiger partial charge on any atom is -0.444 e. The number of carbonyl (C=O) groups excluding carboxylic acids is 6. The van der Waals surface area contributed by atoms with Crippen LogP contribution in [-0.4, -0.2) is 83.8 Å². The zero-order chi connectivity index (χ0) is 35.2. The van der Waals surface area contributed by atoms with Gasteiger partial charge >= 0.3 is 6.09 Å². The zero-order valence-corrected chi connectivity index (χ0v) is 29.2. The van der Waals surface area contributed by atoms with Gasteiger partial charge in [0.25, 0.3) is 11.8 Å². The van der Waals surface area contributed by atoms with Crippen LogP contribution < -0.4 is 21.3 Å². The van der Waals surface area contributed by atoms with E-state index >= 15 is 0 Å². The lowest BCUT2D eigenvalue weighted by Crippen LogP contribution is -2.60. The molecule has 1 saturated heterocycles. The van der Waals surface area contributed by atoms with E-state index in [1.165, 1.54) is 0 Å². The summed E-state index contributed by atoms with van der Waals surface area (Å²) in [5.41, 5.74) is -0.435. The summed E-state index contributed by atoms with van der Waals surface area (Å²) in [6.07, 6.45) is 4.65. The number of likely N-dealkylation sites (tertiary alicyclic amines) is 1. The van der Waals surface area contributed by atoms with Crippen molar-refractivity contribution in [3.05, 3.63) is 35.9 Å². The van der Waals surface area contributed by atoms with Crippen molar-refractivity contribution in [3.63, 3.8) is 0 Å². The Balaban J connectivity index is 1.43. The standard InChI is InChI=1S/C36H53N5O7/c1-7-14-25(29(42)32(45)38-20-19-37-30(43)23-17-12-9-13-18-23)39-31(44)28-26-24(36(26,5)6)21-41(28)33(46)27(22-15-10-8-11-16-22)40-34(47)48-35(2,3)4/h9,12-13,17-18,22,24-28H,7-8,10-11,14-16,19-21H2,1-6H3,(H,37,43)(H,38,45)(H,39,44)(H,40,47)/t24-,25?,26-,27?,28+/m1/s1. The van der Waals surface area contributed by atoms with E-state index in [0.717, 1.165) is 32.1 Å². The Labute approximate surface area is 283 Å². The Morgan fingerprint density at radius 2 is 1.58 bits per heavy atom. The molecule has 2 saturated carbocycles. The highest BCUT2D eigenvalue weighted by Crippen LogP contribution is 2.65. The number of hydrogen-bond acceptors (Lipinski definition) is 7. The van der Waals surface area contributed by atoms with Crippen molar-refractivity contribution in [2.24, 2.45) is 23.2 Å². The first-order valence-electron chi connectivity index (χ1n) is 17.4. The summed E-state index contributed by atoms with van der Waals surface area (Å²) in [5.74, 6) is -2.83. The van der Waals surface area contributed by atoms with Crippen LogP contribution in [-0.2, 0) is 23.9 Å². The van der Waals surface area contributed by atoms with Crippen molar-refractivity contribution >= 4 is 35.5 Å². The minimum absolute atomic E-state index is 0.0337. The molecule has 5 amide bonds. The number of alkyl carbamates (subject to hydrolysis) is 1. The highest BCUT2D eigenvalue weighted by molar-refractivity contribution is 6.38. The molecule has 4 N–H and O–H groups in total. The summed E-state index contributed by atoms with van der Waals surface area (Å²) in [4.78, 5) is 81.2. The number of nitrogens with one attached hydrogen (secondary N) is 4. The third kappa shape index (κ3) is 8.93. The van der Waals surface area contributed by atoms with Gasteiger partial charge in [0.05, 0.1) is 6.04 Å². The SMILES string of the molecule is CCCC(NC(=O)[C@@H]1[C@H]2[C@@H](CN1C(=O)C(NC(=O)OC(C)(C)C)C1CCCCC1)C2(C)C)C(=O)C(=O)NCCNC(=O)c1ccccc1. The summed E-state index contributed by atoms with van der Waals surface area (Å²) in [5, 5.41) is 10.9. The van der Waals surface area contributed by atoms with E-state index < -0.39 is 47.4 Å². The quantitative estimate of drug-likeness (QED) is 0.185. The topological polar surface area (TPSA) is 163 Å². The van der Waals surface area contributed by atoms with Crippen LogP contribution in [0.25, 0.3) is 0 Å². The molecule has 1 aromatic rings. The van der Waals surface area contributed by atoms with Gasteiger partial charge in [-0.2, -0.15) is 0 Å². The Kier molecular flexibility index (Phi) is 11.9. The van der Waals surface area contributed by atoms with Crippen LogP contribution in [0.2, 0.25) is 0 Å². The smallest absolute Gasteiger partial charge is 0.408 e. The summed E-state index contributed by atoms with van der Waals surface area (Å²) < 4.78 is 5.51. The van der Waals surface area contributed by atoms with Crippen LogP contribution >= 0.6 is 0 Å². The fourth-order valence-corrected chi connectivity index (χ4v) is 7.38. The van der Waals surface area contributed by atoms with Gasteiger partial charge in [-0.05, 0) is 75.3 Å². The molecule has 12 nitrogen and oxygen atoms in total. The molecule has 0 aromatic heterocycles. The van der Waals surface area contributed by atoms with Crippen molar-refractivity contribution in [2.75, 3.05) is 19.6 Å². The van der Waals surface area contributed by atoms with Gasteiger partial charge in [-0.15, -0.1) is 0 Å². The molecule has 5 atom stereocenters. The van der Waals surface area contributed by atoms with E-state index in [0.29, 0.717) is 18.5 Å². The van der Waals surface area contributed by atoms with E-state index in [2.05, 4.69) is 35.1 Å². The Morgan fingerprint density at radius 1 is 0.938 bits per heavy atom. The van der Waals surface area contributed by atoms with E-state index in [4.69, 9.17) is 4.74 Å². The summed E-state index contributed by atoms with van der Waals surface area (Å²) in [6.45, 7) is 11.8. The number of rotatable bonds is 13. The predicted molar refractivity (Wildman–Crippen MR) is 180 cm³/mol. The van der Waals surface area contributed by atoms with Gasteiger partial charge < -0.3 is 30.9 Å². The first-order chi connectivity index (χ1) is 22.7. The van der Waals surface area contributed by atoms with Crippen molar-refractivity contribution in [1.82, 2.24) is 26.2 Å². The van der Waals surface area contributed by atoms with Gasteiger partial charge in [0, 0.05) is 25.2 Å². The van der Waals surface area contributed by atoms with Crippen molar-refractivity contribution < 1.29 is 33.5 Å². The molecule has 0 radical (unpaired) electrons. The number of nitrogens with zero attached hydrogens (tertiary/aromatic N) is 1. The van der Waals surface area contributed by atoms with Crippen molar-refractivity contribution in [2.45, 2.75) is 110 Å². The van der Waals surface area contributed by atoms with Crippen LogP contribution in [0.1, 0.15) is 96.8 Å². The van der Waals surface area contributed by atoms with Crippen LogP contribution in [0, 0.1) is 23.2 Å². The van der Waals surface area contributed by atoms with Crippen LogP contribution in [0.15, 0.2) is 30.3 Å². The molecule has 0 bridgehead atoms. The fraction of sp³-hybridized carbons (Fsp3) is 0.667. The summed E-state index contributed by atoms with van der Waals surface area (Å²) >= 11 is 0. The summed E-state index contributed by atoms with van der Waals surface area (Å²) in [7, 11) is 0. The molecule has 48 heavy (non-hydrogen) atoms. The van der Waals surface area contributed by atoms with E-state index in [9.17, 15) is 28.8 Å². The maximum atomic E-state index is 14.3. The lowest BCUT2D eigenvalue weighted by molar-refractivity contribution is -0.145. The molecule has 2 aliphatic carbocycles. The second kappa shape index (κ2) is 15.5. The van der Waals surface area contributed by atoms with Gasteiger partial charge in [-0.25, -0.2) is 4.79 Å². The first kappa shape index (κ1) is 36.9. The molecule has 1 aromatic carbocycles. The van der Waals surface area contributed by atoms with Crippen molar-refractivity contribution in [1.29, 1.82) is 0 Å². The first-order valence-corrected chi connectivity index (χ1v) is 17.4. The average molecular weight is 668 g/mol. The van der Waals surface area contributed by atoms with Gasteiger partial charge in [0.1, 0.15) is 17.7 Å². The molecule has 264 valence electrons. The zero-order valence-electron chi connectivity index (χ0n) is 29.2. The number of carbonyl (C=O) groups is 6. The normalized spacial score (nSPS) is 22.8. The number of Topliss-reactive ketones (excluding diaryl/α,β-unsaturated/α-hetero) is 1. The molecule has 2 unspecified atom stereocenters. The Morgan fingerprint density at radius 3 is 2.21 bits per heavy atom. The van der Waals surface area contributed by atoms with Gasteiger partial charge in [0.2, 0.25) is 17.6 Å².